The zero-order valence-corrected chi connectivity index (χ0v) is 16.8. The zero-order valence-electron chi connectivity index (χ0n) is 16.0. The molecule has 3 aromatic rings. The van der Waals surface area contributed by atoms with Crippen molar-refractivity contribution in [2.45, 2.75) is 20.8 Å². The van der Waals surface area contributed by atoms with E-state index in [1.54, 1.807) is 25.4 Å². The van der Waals surface area contributed by atoms with Crippen LogP contribution in [0.25, 0.3) is 11.3 Å². The molecule has 3 heterocycles. The summed E-state index contributed by atoms with van der Waals surface area (Å²) in [5.41, 5.74) is 5.44. The predicted octanol–water partition coefficient (Wildman–Crippen LogP) is 2.63. The lowest BCUT2D eigenvalue weighted by atomic mass is 10.1. The summed E-state index contributed by atoms with van der Waals surface area (Å²) >= 11 is 0. The van der Waals surface area contributed by atoms with Crippen molar-refractivity contribution in [1.29, 1.82) is 0 Å². The van der Waals surface area contributed by atoms with Gasteiger partial charge in [-0.3, -0.25) is 14.7 Å². The number of nitrogens with zero attached hydrogens (tertiary/aromatic N) is 4. The van der Waals surface area contributed by atoms with E-state index >= 15 is 0 Å². The van der Waals surface area contributed by atoms with Gasteiger partial charge in [0, 0.05) is 29.2 Å². The molecular weight excluding hydrogens is 374 g/mol. The molecule has 0 aliphatic heterocycles. The van der Waals surface area contributed by atoms with Crippen LogP contribution in [-0.2, 0) is 10.0 Å². The molecule has 1 N–H and O–H groups in total. The lowest BCUT2D eigenvalue weighted by Gasteiger charge is -2.07. The van der Waals surface area contributed by atoms with Crippen LogP contribution >= 0.6 is 0 Å². The SMILES string of the molecule is Cc1ccc(-c2ncnc(C)c2C#Cc2cnc(C)c(NS(C)(=O)=O)c2)cn1. The maximum Gasteiger partial charge on any atom is 0.229 e. The molecule has 0 unspecified atom stereocenters. The summed E-state index contributed by atoms with van der Waals surface area (Å²) in [6.07, 6.45) is 5.94. The Morgan fingerprint density at radius 3 is 2.39 bits per heavy atom. The van der Waals surface area contributed by atoms with Gasteiger partial charge in [0.1, 0.15) is 6.33 Å². The van der Waals surface area contributed by atoms with E-state index < -0.39 is 10.0 Å². The van der Waals surface area contributed by atoms with Gasteiger partial charge >= 0.3 is 0 Å². The number of pyridine rings is 2. The largest absolute Gasteiger partial charge is 0.282 e. The molecule has 3 rings (SSSR count). The lowest BCUT2D eigenvalue weighted by molar-refractivity contribution is 0.606. The molecule has 0 saturated heterocycles. The Balaban J connectivity index is 2.03. The summed E-state index contributed by atoms with van der Waals surface area (Å²) in [5, 5.41) is 0. The summed E-state index contributed by atoms with van der Waals surface area (Å²) in [7, 11) is -3.40. The van der Waals surface area contributed by atoms with Crippen LogP contribution in [-0.4, -0.2) is 34.6 Å². The van der Waals surface area contributed by atoms with Crippen molar-refractivity contribution < 1.29 is 8.42 Å². The summed E-state index contributed by atoms with van der Waals surface area (Å²) in [4.78, 5) is 17.1. The van der Waals surface area contributed by atoms with Crippen LogP contribution in [0.15, 0.2) is 36.9 Å². The molecule has 0 radical (unpaired) electrons. The molecule has 0 aliphatic rings. The number of sulfonamides is 1. The fourth-order valence-electron chi connectivity index (χ4n) is 2.49. The second-order valence-electron chi connectivity index (χ2n) is 6.35. The Kier molecular flexibility index (Phi) is 5.38. The molecule has 0 aromatic carbocycles. The third kappa shape index (κ3) is 4.69. The van der Waals surface area contributed by atoms with Crippen molar-refractivity contribution in [1.82, 2.24) is 19.9 Å². The molecule has 0 spiro atoms. The summed E-state index contributed by atoms with van der Waals surface area (Å²) in [6, 6.07) is 5.51. The van der Waals surface area contributed by atoms with Crippen LogP contribution in [0.5, 0.6) is 0 Å². The van der Waals surface area contributed by atoms with Crippen molar-refractivity contribution >= 4 is 15.7 Å². The van der Waals surface area contributed by atoms with Gasteiger partial charge in [-0.25, -0.2) is 18.4 Å². The van der Waals surface area contributed by atoms with E-state index in [2.05, 4.69) is 36.5 Å². The van der Waals surface area contributed by atoms with Gasteiger partial charge in [0.2, 0.25) is 10.0 Å². The van der Waals surface area contributed by atoms with E-state index in [4.69, 9.17) is 0 Å². The van der Waals surface area contributed by atoms with Crippen molar-refractivity contribution in [2.75, 3.05) is 11.0 Å². The van der Waals surface area contributed by atoms with Crippen molar-refractivity contribution in [3.63, 3.8) is 0 Å². The van der Waals surface area contributed by atoms with Crippen molar-refractivity contribution in [2.24, 2.45) is 0 Å². The number of aromatic nitrogens is 4. The van der Waals surface area contributed by atoms with Gasteiger partial charge in [0.15, 0.2) is 0 Å². The molecule has 142 valence electrons. The van der Waals surface area contributed by atoms with Gasteiger partial charge in [0.05, 0.1) is 34.6 Å². The fourth-order valence-corrected chi connectivity index (χ4v) is 3.10. The summed E-state index contributed by atoms with van der Waals surface area (Å²) < 4.78 is 25.5. The highest BCUT2D eigenvalue weighted by molar-refractivity contribution is 7.92. The number of hydrogen-bond acceptors (Lipinski definition) is 6. The standard InChI is InChI=1S/C20H19N5O2S/c1-13-5-7-17(11-21-13)20-18(14(2)23-12-24-20)8-6-16-9-19(15(3)22-10-16)25-28(4,26)27/h5,7,9-12,25H,1-4H3. The number of anilines is 1. The first-order chi connectivity index (χ1) is 13.2. The van der Waals surface area contributed by atoms with Crippen LogP contribution in [0, 0.1) is 32.6 Å². The Morgan fingerprint density at radius 2 is 1.71 bits per heavy atom. The molecule has 0 fully saturated rings. The third-order valence-electron chi connectivity index (χ3n) is 3.94. The van der Waals surface area contributed by atoms with E-state index in [9.17, 15) is 8.42 Å². The maximum atomic E-state index is 11.5. The second kappa shape index (κ2) is 7.74. The van der Waals surface area contributed by atoms with Gasteiger partial charge in [-0.15, -0.1) is 0 Å². The van der Waals surface area contributed by atoms with Crippen LogP contribution in [0.1, 0.15) is 28.2 Å². The first-order valence-electron chi connectivity index (χ1n) is 8.44. The molecule has 0 bridgehead atoms. The molecule has 7 nitrogen and oxygen atoms in total. The minimum atomic E-state index is -3.40. The van der Waals surface area contributed by atoms with Crippen LogP contribution in [0.4, 0.5) is 5.69 Å². The molecular formula is C20H19N5O2S. The topological polar surface area (TPSA) is 97.7 Å². The second-order valence-corrected chi connectivity index (χ2v) is 8.10. The van der Waals surface area contributed by atoms with Crippen LogP contribution in [0.3, 0.4) is 0 Å². The highest BCUT2D eigenvalue weighted by Gasteiger charge is 2.10. The Morgan fingerprint density at radius 1 is 0.929 bits per heavy atom. The van der Waals surface area contributed by atoms with Crippen molar-refractivity contribution in [3.05, 3.63) is 65.1 Å². The number of aryl methyl sites for hydroxylation is 3. The predicted molar refractivity (Wildman–Crippen MR) is 108 cm³/mol. The Bertz CT molecular complexity index is 1190. The van der Waals surface area contributed by atoms with E-state index in [0.29, 0.717) is 28.2 Å². The minimum Gasteiger partial charge on any atom is -0.282 e. The van der Waals surface area contributed by atoms with Gasteiger partial charge in [-0.2, -0.15) is 0 Å². The Hall–Kier alpha value is -3.31. The quantitative estimate of drug-likeness (QED) is 0.687. The van der Waals surface area contributed by atoms with E-state index in [0.717, 1.165) is 23.2 Å². The minimum absolute atomic E-state index is 0.401. The number of rotatable bonds is 3. The van der Waals surface area contributed by atoms with Crippen LogP contribution < -0.4 is 4.72 Å². The fraction of sp³-hybridized carbons (Fsp3) is 0.200. The average Bonchev–Trinajstić information content (AvgIpc) is 2.62. The maximum absolute atomic E-state index is 11.5. The van der Waals surface area contributed by atoms with Gasteiger partial charge in [0.25, 0.3) is 0 Å². The highest BCUT2D eigenvalue weighted by atomic mass is 32.2. The molecule has 28 heavy (non-hydrogen) atoms. The monoisotopic (exact) mass is 393 g/mol. The van der Waals surface area contributed by atoms with E-state index in [1.807, 2.05) is 26.0 Å². The molecule has 0 atom stereocenters. The molecule has 0 amide bonds. The molecule has 0 saturated carbocycles. The van der Waals surface area contributed by atoms with Gasteiger partial charge in [-0.05, 0) is 39.0 Å². The van der Waals surface area contributed by atoms with E-state index in [1.165, 1.54) is 6.33 Å². The lowest BCUT2D eigenvalue weighted by Crippen LogP contribution is -2.11. The highest BCUT2D eigenvalue weighted by Crippen LogP contribution is 2.22. The third-order valence-corrected chi connectivity index (χ3v) is 4.53. The van der Waals surface area contributed by atoms with E-state index in [-0.39, 0.29) is 0 Å². The zero-order chi connectivity index (χ0) is 20.3. The smallest absolute Gasteiger partial charge is 0.229 e. The first-order valence-corrected chi connectivity index (χ1v) is 10.3. The average molecular weight is 393 g/mol. The molecule has 3 aromatic heterocycles. The van der Waals surface area contributed by atoms with Gasteiger partial charge in [-0.1, -0.05) is 11.8 Å². The Labute approximate surface area is 164 Å². The summed E-state index contributed by atoms with van der Waals surface area (Å²) in [5.74, 6) is 6.13. The van der Waals surface area contributed by atoms with Crippen LogP contribution in [0.2, 0.25) is 0 Å². The molecule has 0 aliphatic carbocycles. The summed E-state index contributed by atoms with van der Waals surface area (Å²) in [6.45, 7) is 5.51. The number of nitrogens with one attached hydrogen (secondary N) is 1. The normalized spacial score (nSPS) is 10.9. The molecule has 8 heteroatoms. The van der Waals surface area contributed by atoms with Gasteiger partial charge < -0.3 is 0 Å². The van der Waals surface area contributed by atoms with Crippen molar-refractivity contribution in [3.8, 4) is 23.1 Å². The first kappa shape index (κ1) is 19.5. The number of hydrogen-bond donors (Lipinski definition) is 1.